The van der Waals surface area contributed by atoms with E-state index in [0.29, 0.717) is 11.6 Å². The highest BCUT2D eigenvalue weighted by atomic mass is 35.5. The summed E-state index contributed by atoms with van der Waals surface area (Å²) in [7, 11) is 0. The molecule has 0 radical (unpaired) electrons. The molecule has 2 aromatic rings. The highest BCUT2D eigenvalue weighted by molar-refractivity contribution is 6.37. The Balaban J connectivity index is 2.32. The molecule has 0 aliphatic heterocycles. The summed E-state index contributed by atoms with van der Waals surface area (Å²) >= 11 is 11.9. The number of nitrogens with one attached hydrogen (secondary N) is 1. The molecule has 116 valence electrons. The molecule has 0 atom stereocenters. The van der Waals surface area contributed by atoms with Crippen molar-refractivity contribution in [3.63, 3.8) is 0 Å². The van der Waals surface area contributed by atoms with Gasteiger partial charge in [-0.15, -0.1) is 0 Å². The Kier molecular flexibility index (Phi) is 5.32. The Bertz CT molecular complexity index is 824. The molecule has 0 saturated carbocycles. The Morgan fingerprint density at radius 3 is 2.39 bits per heavy atom. The van der Waals surface area contributed by atoms with Crippen molar-refractivity contribution in [2.45, 2.75) is 0 Å². The molecule has 0 bridgehead atoms. The van der Waals surface area contributed by atoms with Gasteiger partial charge in [0.1, 0.15) is 23.3 Å². The molecule has 2 rings (SSSR count). The summed E-state index contributed by atoms with van der Waals surface area (Å²) in [5, 5.41) is 11.8. The minimum atomic E-state index is -0.952. The van der Waals surface area contributed by atoms with E-state index in [1.165, 1.54) is 6.08 Å². The van der Waals surface area contributed by atoms with Gasteiger partial charge in [-0.2, -0.15) is 5.26 Å². The summed E-state index contributed by atoms with van der Waals surface area (Å²) in [6.07, 6.45) is 1.20. The van der Waals surface area contributed by atoms with Gasteiger partial charge in [0, 0.05) is 21.7 Å². The topological polar surface area (TPSA) is 52.9 Å². The Morgan fingerprint density at radius 1 is 1.17 bits per heavy atom. The van der Waals surface area contributed by atoms with Crippen LogP contribution in [0.5, 0.6) is 0 Å². The fourth-order valence-corrected chi connectivity index (χ4v) is 2.23. The lowest BCUT2D eigenvalue weighted by molar-refractivity contribution is -0.112. The van der Waals surface area contributed by atoms with Gasteiger partial charge in [0.15, 0.2) is 0 Å². The van der Waals surface area contributed by atoms with Crippen molar-refractivity contribution in [3.05, 3.63) is 69.2 Å². The summed E-state index contributed by atoms with van der Waals surface area (Å²) in [4.78, 5) is 12.1. The van der Waals surface area contributed by atoms with Crippen LogP contribution >= 0.6 is 23.2 Å². The van der Waals surface area contributed by atoms with Crippen LogP contribution in [0.3, 0.4) is 0 Å². The lowest BCUT2D eigenvalue weighted by Crippen LogP contribution is -2.14. The Labute approximate surface area is 140 Å². The van der Waals surface area contributed by atoms with E-state index in [1.54, 1.807) is 24.3 Å². The number of carbonyl (C=O) groups excluding carboxylic acids is 1. The largest absolute Gasteiger partial charge is 0.319 e. The van der Waals surface area contributed by atoms with Gasteiger partial charge in [0.2, 0.25) is 0 Å². The molecule has 7 heteroatoms. The zero-order valence-corrected chi connectivity index (χ0v) is 12.9. The van der Waals surface area contributed by atoms with E-state index in [-0.39, 0.29) is 21.3 Å². The predicted octanol–water partition coefficient (Wildman–Crippen LogP) is 4.82. The molecule has 0 saturated heterocycles. The van der Waals surface area contributed by atoms with Crippen LogP contribution in [0.2, 0.25) is 10.0 Å². The number of amides is 1. The smallest absolute Gasteiger partial charge is 0.266 e. The van der Waals surface area contributed by atoms with E-state index >= 15 is 0 Å². The van der Waals surface area contributed by atoms with Crippen LogP contribution in [0, 0.1) is 23.0 Å². The minimum absolute atomic E-state index is 0.247. The number of benzene rings is 2. The van der Waals surface area contributed by atoms with Crippen LogP contribution in [-0.2, 0) is 4.79 Å². The van der Waals surface area contributed by atoms with Gasteiger partial charge < -0.3 is 5.32 Å². The molecule has 3 nitrogen and oxygen atoms in total. The molecular formula is C16H8Cl2F2N2O. The van der Waals surface area contributed by atoms with Crippen molar-refractivity contribution >= 4 is 40.9 Å². The van der Waals surface area contributed by atoms with Gasteiger partial charge >= 0.3 is 0 Å². The molecule has 0 aliphatic carbocycles. The molecule has 1 amide bonds. The summed E-state index contributed by atoms with van der Waals surface area (Å²) in [5.41, 5.74) is -0.284. The standard InChI is InChI=1S/C16H8Cl2F2N2O/c17-12-2-1-3-13(18)11(12)6-9(8-21)16(23)22-15-5-4-10(19)7-14(15)20/h1-7H,(H,22,23)/b9-6-. The van der Waals surface area contributed by atoms with E-state index in [0.717, 1.165) is 12.1 Å². The van der Waals surface area contributed by atoms with Crippen LogP contribution in [0.4, 0.5) is 14.5 Å². The molecule has 0 unspecified atom stereocenters. The Hall–Kier alpha value is -2.42. The fourth-order valence-electron chi connectivity index (χ4n) is 1.72. The van der Waals surface area contributed by atoms with E-state index in [1.807, 2.05) is 0 Å². The van der Waals surface area contributed by atoms with Crippen molar-refractivity contribution in [2.75, 3.05) is 5.32 Å². The third-order valence-electron chi connectivity index (χ3n) is 2.83. The predicted molar refractivity (Wildman–Crippen MR) is 85.0 cm³/mol. The Morgan fingerprint density at radius 2 is 1.83 bits per heavy atom. The van der Waals surface area contributed by atoms with Crippen LogP contribution in [0.1, 0.15) is 5.56 Å². The van der Waals surface area contributed by atoms with Crippen molar-refractivity contribution < 1.29 is 13.6 Å². The van der Waals surface area contributed by atoms with Crippen LogP contribution in [0.25, 0.3) is 6.08 Å². The average Bonchev–Trinajstić information content (AvgIpc) is 2.50. The molecule has 0 aromatic heterocycles. The number of hydrogen-bond acceptors (Lipinski definition) is 2. The maximum absolute atomic E-state index is 13.5. The molecule has 2 aromatic carbocycles. The number of rotatable bonds is 3. The maximum atomic E-state index is 13.5. The number of nitrogens with zero attached hydrogens (tertiary/aromatic N) is 1. The summed E-state index contributed by atoms with van der Waals surface area (Å²) < 4.78 is 26.4. The molecule has 1 N–H and O–H groups in total. The molecule has 23 heavy (non-hydrogen) atoms. The van der Waals surface area contributed by atoms with Gasteiger partial charge in [-0.3, -0.25) is 4.79 Å². The third kappa shape index (κ3) is 4.07. The summed E-state index contributed by atoms with van der Waals surface area (Å²) in [6, 6.07) is 9.06. The third-order valence-corrected chi connectivity index (χ3v) is 3.49. The lowest BCUT2D eigenvalue weighted by atomic mass is 10.1. The van der Waals surface area contributed by atoms with E-state index in [4.69, 9.17) is 28.5 Å². The van der Waals surface area contributed by atoms with Crippen LogP contribution < -0.4 is 5.32 Å². The van der Waals surface area contributed by atoms with Crippen LogP contribution in [0.15, 0.2) is 42.0 Å². The normalized spacial score (nSPS) is 11.0. The zero-order chi connectivity index (χ0) is 17.0. The molecule has 0 spiro atoms. The monoisotopic (exact) mass is 352 g/mol. The van der Waals surface area contributed by atoms with Gasteiger partial charge in [0.05, 0.1) is 5.69 Å². The summed E-state index contributed by atoms with van der Waals surface area (Å²) in [6.45, 7) is 0. The highest BCUT2D eigenvalue weighted by Crippen LogP contribution is 2.27. The number of halogens is 4. The number of nitriles is 1. The first-order valence-corrected chi connectivity index (χ1v) is 7.00. The van der Waals surface area contributed by atoms with Gasteiger partial charge in [-0.1, -0.05) is 29.3 Å². The number of hydrogen-bond donors (Lipinski definition) is 1. The molecule has 0 aliphatic rings. The second kappa shape index (κ2) is 7.23. The molecule has 0 fully saturated rings. The fraction of sp³-hybridized carbons (Fsp3) is 0. The van der Waals surface area contributed by atoms with Gasteiger partial charge in [-0.25, -0.2) is 8.78 Å². The average molecular weight is 353 g/mol. The van der Waals surface area contributed by atoms with Crippen molar-refractivity contribution in [3.8, 4) is 6.07 Å². The van der Waals surface area contributed by atoms with E-state index < -0.39 is 17.5 Å². The quantitative estimate of drug-likeness (QED) is 0.636. The second-order valence-electron chi connectivity index (χ2n) is 4.38. The SMILES string of the molecule is N#C/C(=C/c1c(Cl)cccc1Cl)C(=O)Nc1ccc(F)cc1F. The minimum Gasteiger partial charge on any atom is -0.319 e. The van der Waals surface area contributed by atoms with Crippen molar-refractivity contribution in [1.82, 2.24) is 0 Å². The first-order chi connectivity index (χ1) is 10.9. The van der Waals surface area contributed by atoms with Crippen molar-refractivity contribution in [1.29, 1.82) is 5.26 Å². The molecule has 0 heterocycles. The van der Waals surface area contributed by atoms with E-state index in [2.05, 4.69) is 5.32 Å². The first-order valence-electron chi connectivity index (χ1n) is 6.24. The first kappa shape index (κ1) is 16.9. The maximum Gasteiger partial charge on any atom is 0.266 e. The second-order valence-corrected chi connectivity index (χ2v) is 5.20. The zero-order valence-electron chi connectivity index (χ0n) is 11.4. The highest BCUT2D eigenvalue weighted by Gasteiger charge is 2.14. The molecular weight excluding hydrogens is 345 g/mol. The number of carbonyl (C=O) groups is 1. The van der Waals surface area contributed by atoms with Gasteiger partial charge in [0.25, 0.3) is 5.91 Å². The van der Waals surface area contributed by atoms with Crippen LogP contribution in [-0.4, -0.2) is 5.91 Å². The lowest BCUT2D eigenvalue weighted by Gasteiger charge is -2.06. The number of anilines is 1. The summed E-state index contributed by atoms with van der Waals surface area (Å²) in [5.74, 6) is -2.60. The van der Waals surface area contributed by atoms with Gasteiger partial charge in [-0.05, 0) is 30.3 Å². The van der Waals surface area contributed by atoms with E-state index in [9.17, 15) is 13.6 Å². The van der Waals surface area contributed by atoms with Crippen molar-refractivity contribution in [2.24, 2.45) is 0 Å².